The second kappa shape index (κ2) is 2.71. The summed E-state index contributed by atoms with van der Waals surface area (Å²) >= 11 is 5.03. The van der Waals surface area contributed by atoms with Gasteiger partial charge in [-0.05, 0) is 11.6 Å². The number of H-pyrrole nitrogens is 1. The Bertz CT molecular complexity index is 278. The van der Waals surface area contributed by atoms with E-state index in [-0.39, 0.29) is 11.4 Å². The fourth-order valence-electron chi connectivity index (χ4n) is 0.602. The van der Waals surface area contributed by atoms with Crippen LogP contribution in [0.1, 0.15) is 10.5 Å². The molecule has 0 unspecified atom stereocenters. The van der Waals surface area contributed by atoms with E-state index in [0.29, 0.717) is 0 Å². The van der Waals surface area contributed by atoms with Crippen LogP contribution in [-0.4, -0.2) is 15.1 Å². The van der Waals surface area contributed by atoms with E-state index in [1.807, 2.05) is 0 Å². The molecule has 1 aromatic heterocycles. The number of halogens is 1. The van der Waals surface area contributed by atoms with Crippen molar-refractivity contribution in [1.29, 1.82) is 0 Å². The average molecular weight is 175 g/mol. The van der Waals surface area contributed by atoms with Crippen LogP contribution in [0, 0.1) is 10.1 Å². The Balaban J connectivity index is 2.99. The van der Waals surface area contributed by atoms with Crippen molar-refractivity contribution < 1.29 is 9.72 Å². The lowest BCUT2D eigenvalue weighted by molar-refractivity contribution is -0.384. The number of carbonyl (C=O) groups excluding carboxylic acids is 1. The number of aromatic amines is 1. The van der Waals surface area contributed by atoms with Gasteiger partial charge in [0.25, 0.3) is 10.9 Å². The molecule has 0 aromatic carbocycles. The SMILES string of the molecule is O=C(Cl)c1cc([N+](=O)[O-])c[nH]1. The molecule has 0 fully saturated rings. The number of aromatic nitrogens is 1. The fraction of sp³-hybridized carbons (Fsp3) is 0. The minimum atomic E-state index is -0.738. The minimum absolute atomic E-state index is 0.0263. The van der Waals surface area contributed by atoms with Crippen LogP contribution in [0.4, 0.5) is 5.69 Å². The van der Waals surface area contributed by atoms with Crippen LogP contribution in [-0.2, 0) is 0 Å². The summed E-state index contributed by atoms with van der Waals surface area (Å²) in [6, 6.07) is 1.08. The molecule has 0 bridgehead atoms. The monoisotopic (exact) mass is 174 g/mol. The van der Waals surface area contributed by atoms with E-state index in [2.05, 4.69) is 4.98 Å². The molecule has 6 heteroatoms. The first-order chi connectivity index (χ1) is 5.11. The molecule has 0 radical (unpaired) electrons. The molecule has 0 saturated carbocycles. The van der Waals surface area contributed by atoms with Crippen LogP contribution in [0.5, 0.6) is 0 Å². The summed E-state index contributed by atoms with van der Waals surface area (Å²) < 4.78 is 0. The van der Waals surface area contributed by atoms with E-state index < -0.39 is 10.2 Å². The molecule has 1 aromatic rings. The maximum atomic E-state index is 10.4. The molecule has 11 heavy (non-hydrogen) atoms. The summed E-state index contributed by atoms with van der Waals surface area (Å²) in [7, 11) is 0. The summed E-state index contributed by atoms with van der Waals surface area (Å²) in [6.07, 6.45) is 1.11. The Morgan fingerprint density at radius 2 is 2.36 bits per heavy atom. The number of hydrogen-bond acceptors (Lipinski definition) is 3. The molecule has 0 atom stereocenters. The van der Waals surface area contributed by atoms with Gasteiger partial charge in [-0.2, -0.15) is 0 Å². The van der Waals surface area contributed by atoms with Gasteiger partial charge < -0.3 is 4.98 Å². The molecule has 1 N–H and O–H groups in total. The topological polar surface area (TPSA) is 76.0 Å². The van der Waals surface area contributed by atoms with Gasteiger partial charge >= 0.3 is 0 Å². The maximum Gasteiger partial charge on any atom is 0.287 e. The largest absolute Gasteiger partial charge is 0.352 e. The summed E-state index contributed by atoms with van der Waals surface area (Å²) in [5.74, 6) is 0. The van der Waals surface area contributed by atoms with Gasteiger partial charge in [-0.3, -0.25) is 14.9 Å². The predicted octanol–water partition coefficient (Wildman–Crippen LogP) is 1.30. The number of nitro groups is 1. The molecule has 5 nitrogen and oxygen atoms in total. The Labute approximate surface area is 66.1 Å². The highest BCUT2D eigenvalue weighted by Gasteiger charge is 2.11. The molecule has 0 saturated heterocycles. The van der Waals surface area contributed by atoms with Crippen LogP contribution in [0.2, 0.25) is 0 Å². The van der Waals surface area contributed by atoms with Crippen LogP contribution < -0.4 is 0 Å². The molecule has 0 amide bonds. The number of carbonyl (C=O) groups is 1. The zero-order valence-electron chi connectivity index (χ0n) is 5.20. The predicted molar refractivity (Wildman–Crippen MR) is 37.6 cm³/mol. The summed E-state index contributed by atoms with van der Waals surface area (Å²) in [4.78, 5) is 22.2. The molecule has 0 spiro atoms. The van der Waals surface area contributed by atoms with E-state index in [1.165, 1.54) is 0 Å². The second-order valence-electron chi connectivity index (χ2n) is 1.80. The smallest absolute Gasteiger partial charge is 0.287 e. The Morgan fingerprint density at radius 3 is 2.64 bits per heavy atom. The zero-order chi connectivity index (χ0) is 8.43. The molecule has 0 aliphatic carbocycles. The van der Waals surface area contributed by atoms with Gasteiger partial charge in [0.2, 0.25) is 0 Å². The molecule has 0 aliphatic rings. The first-order valence-corrected chi connectivity index (χ1v) is 3.01. The van der Waals surface area contributed by atoms with Crippen molar-refractivity contribution >= 4 is 22.5 Å². The van der Waals surface area contributed by atoms with E-state index in [1.54, 1.807) is 0 Å². The normalized spacial score (nSPS) is 9.55. The van der Waals surface area contributed by atoms with Crippen LogP contribution in [0.25, 0.3) is 0 Å². The van der Waals surface area contributed by atoms with Crippen molar-refractivity contribution in [2.45, 2.75) is 0 Å². The highest BCUT2D eigenvalue weighted by Crippen LogP contribution is 2.13. The zero-order valence-corrected chi connectivity index (χ0v) is 5.96. The number of nitrogens with zero attached hydrogens (tertiary/aromatic N) is 1. The average Bonchev–Trinajstić information content (AvgIpc) is 2.33. The third kappa shape index (κ3) is 1.56. The highest BCUT2D eigenvalue weighted by atomic mass is 35.5. The van der Waals surface area contributed by atoms with Crippen molar-refractivity contribution in [2.75, 3.05) is 0 Å². The van der Waals surface area contributed by atoms with E-state index in [4.69, 9.17) is 11.6 Å². The molecule has 0 aliphatic heterocycles. The van der Waals surface area contributed by atoms with Gasteiger partial charge in [0.1, 0.15) is 5.69 Å². The molecule has 1 rings (SSSR count). The first kappa shape index (κ1) is 7.74. The van der Waals surface area contributed by atoms with Crippen molar-refractivity contribution in [3.63, 3.8) is 0 Å². The summed E-state index contributed by atoms with van der Waals surface area (Å²) in [5, 5.41) is 9.33. The molecule has 1 heterocycles. The van der Waals surface area contributed by atoms with Crippen LogP contribution in [0.15, 0.2) is 12.3 Å². The van der Waals surface area contributed by atoms with Crippen molar-refractivity contribution in [3.8, 4) is 0 Å². The maximum absolute atomic E-state index is 10.4. The summed E-state index contributed by atoms with van der Waals surface area (Å²) in [5.41, 5.74) is -0.146. The number of hydrogen-bond donors (Lipinski definition) is 1. The quantitative estimate of drug-likeness (QED) is 0.417. The third-order valence-corrected chi connectivity index (χ3v) is 1.29. The van der Waals surface area contributed by atoms with Gasteiger partial charge in [0.15, 0.2) is 0 Å². The van der Waals surface area contributed by atoms with E-state index in [0.717, 1.165) is 12.3 Å². The lowest BCUT2D eigenvalue weighted by Gasteiger charge is -1.80. The Hall–Kier alpha value is -1.36. The van der Waals surface area contributed by atoms with E-state index in [9.17, 15) is 14.9 Å². The van der Waals surface area contributed by atoms with Crippen molar-refractivity contribution in [1.82, 2.24) is 4.98 Å². The lowest BCUT2D eigenvalue weighted by Crippen LogP contribution is -1.86. The second-order valence-corrected chi connectivity index (χ2v) is 2.15. The van der Waals surface area contributed by atoms with E-state index >= 15 is 0 Å². The van der Waals surface area contributed by atoms with Gasteiger partial charge in [0.05, 0.1) is 11.1 Å². The minimum Gasteiger partial charge on any atom is -0.352 e. The fourth-order valence-corrected chi connectivity index (χ4v) is 0.711. The standard InChI is InChI=1S/C5H3ClN2O3/c6-5(9)4-1-3(2-7-4)8(10)11/h1-2,7H. The molecular formula is C5H3ClN2O3. The Kier molecular flexibility index (Phi) is 1.91. The number of rotatable bonds is 2. The highest BCUT2D eigenvalue weighted by molar-refractivity contribution is 6.67. The van der Waals surface area contributed by atoms with Crippen molar-refractivity contribution in [2.24, 2.45) is 0 Å². The van der Waals surface area contributed by atoms with Crippen LogP contribution >= 0.6 is 11.6 Å². The van der Waals surface area contributed by atoms with Crippen LogP contribution in [0.3, 0.4) is 0 Å². The van der Waals surface area contributed by atoms with Gasteiger partial charge in [0, 0.05) is 6.07 Å². The summed E-state index contributed by atoms with van der Waals surface area (Å²) in [6.45, 7) is 0. The van der Waals surface area contributed by atoms with Gasteiger partial charge in [-0.15, -0.1) is 0 Å². The third-order valence-electron chi connectivity index (χ3n) is 1.09. The number of nitrogens with one attached hydrogen (secondary N) is 1. The first-order valence-electron chi connectivity index (χ1n) is 2.64. The lowest BCUT2D eigenvalue weighted by atomic mass is 10.4. The Morgan fingerprint density at radius 1 is 1.73 bits per heavy atom. The molecular weight excluding hydrogens is 172 g/mol. The van der Waals surface area contributed by atoms with Gasteiger partial charge in [-0.1, -0.05) is 0 Å². The van der Waals surface area contributed by atoms with Crippen molar-refractivity contribution in [3.05, 3.63) is 28.1 Å². The molecule has 58 valence electrons. The van der Waals surface area contributed by atoms with Gasteiger partial charge in [-0.25, -0.2) is 0 Å².